The monoisotopic (exact) mass is 776 g/mol. The van der Waals surface area contributed by atoms with Crippen LogP contribution >= 0.6 is 11.6 Å². The van der Waals surface area contributed by atoms with Gasteiger partial charge in [0.25, 0.3) is 0 Å². The highest BCUT2D eigenvalue weighted by molar-refractivity contribution is 6.32. The molecule has 2 aromatic heterocycles. The molecule has 1 aliphatic rings. The molecule has 11 heteroatoms. The number of ether oxygens (including phenoxy) is 4. The summed E-state index contributed by atoms with van der Waals surface area (Å²) in [4.78, 5) is 33.4. The number of esters is 2. The molecule has 294 valence electrons. The van der Waals surface area contributed by atoms with Crippen LogP contribution in [-0.2, 0) is 9.47 Å². The minimum atomic E-state index is -0.540. The summed E-state index contributed by atoms with van der Waals surface area (Å²) in [6.07, 6.45) is 3.15. The highest BCUT2D eigenvalue weighted by Crippen LogP contribution is 2.47. The molecule has 0 saturated heterocycles. The van der Waals surface area contributed by atoms with Crippen molar-refractivity contribution in [3.8, 4) is 34.0 Å². The lowest BCUT2D eigenvalue weighted by atomic mass is 9.82. The Kier molecular flexibility index (Phi) is 14.9. The van der Waals surface area contributed by atoms with E-state index in [0.29, 0.717) is 82.8 Å². The van der Waals surface area contributed by atoms with E-state index in [4.69, 9.17) is 35.5 Å². The molecular formula is C44H51ClF2N2O6. The van der Waals surface area contributed by atoms with E-state index in [9.17, 15) is 18.4 Å². The van der Waals surface area contributed by atoms with Crippen LogP contribution in [0.25, 0.3) is 28.1 Å². The number of halogens is 3. The second-order valence-electron chi connectivity index (χ2n) is 15.0. The van der Waals surface area contributed by atoms with Gasteiger partial charge in [-0.1, -0.05) is 66.1 Å². The second-order valence-corrected chi connectivity index (χ2v) is 15.3. The van der Waals surface area contributed by atoms with E-state index in [1.165, 1.54) is 30.3 Å². The molecule has 0 bridgehead atoms. The average molecular weight is 777 g/mol. The normalized spacial score (nSPS) is 14.6. The first-order valence-electron chi connectivity index (χ1n) is 18.6. The van der Waals surface area contributed by atoms with E-state index in [-0.39, 0.29) is 28.6 Å². The Labute approximate surface area is 328 Å². The van der Waals surface area contributed by atoms with Crippen LogP contribution in [0.2, 0.25) is 5.15 Å². The molecular weight excluding hydrogens is 726 g/mol. The van der Waals surface area contributed by atoms with Crippen molar-refractivity contribution in [3.05, 3.63) is 100 Å². The smallest absolute Gasteiger partial charge is 0.341 e. The molecule has 0 spiro atoms. The first-order chi connectivity index (χ1) is 26.0. The van der Waals surface area contributed by atoms with Crippen molar-refractivity contribution >= 4 is 29.1 Å². The number of nitrogens with zero attached hydrogens (tertiary/aromatic N) is 2. The molecule has 5 rings (SSSR count). The second kappa shape index (κ2) is 19.2. The summed E-state index contributed by atoms with van der Waals surface area (Å²) in [5.41, 5.74) is 4.29. The average Bonchev–Trinajstić information content (AvgIpc) is 3.40. The van der Waals surface area contributed by atoms with Gasteiger partial charge in [-0.3, -0.25) is 0 Å². The number of hydrogen-bond acceptors (Lipinski definition) is 8. The summed E-state index contributed by atoms with van der Waals surface area (Å²) in [7, 11) is 0. The van der Waals surface area contributed by atoms with Gasteiger partial charge in [-0.05, 0) is 97.5 Å². The van der Waals surface area contributed by atoms with E-state index >= 15 is 0 Å². The van der Waals surface area contributed by atoms with Gasteiger partial charge in [-0.15, -0.1) is 0 Å². The number of carbonyl (C=O) groups is 2. The van der Waals surface area contributed by atoms with Crippen molar-refractivity contribution < 1.29 is 37.3 Å². The Bertz CT molecular complexity index is 2010. The van der Waals surface area contributed by atoms with Crippen molar-refractivity contribution in [3.63, 3.8) is 0 Å². The zero-order valence-electron chi connectivity index (χ0n) is 33.1. The molecule has 0 radical (unpaired) electrons. The molecule has 55 heavy (non-hydrogen) atoms. The molecule has 1 atom stereocenters. The number of benzene rings is 2. The van der Waals surface area contributed by atoms with Gasteiger partial charge in [0.15, 0.2) is 0 Å². The lowest BCUT2D eigenvalue weighted by Gasteiger charge is -2.24. The number of aromatic nitrogens is 2. The summed E-state index contributed by atoms with van der Waals surface area (Å²) < 4.78 is 49.6. The predicted octanol–water partition coefficient (Wildman–Crippen LogP) is 11.3. The summed E-state index contributed by atoms with van der Waals surface area (Å²) in [6, 6.07) is 15.5. The molecule has 0 aliphatic heterocycles. The summed E-state index contributed by atoms with van der Waals surface area (Å²) in [5.74, 6) is 0.181. The molecule has 2 aromatic carbocycles. The standard InChI is InChI=1S/C26H32FNO3.C18H19ClFNO3/c1-7-30-25(29)21-8-9-23(28-24(21)22-10-17(4)14-26(22,5)6)18-11-19(27)13-20(12-18)31-15-16(2)3;1-4-23-18(22)15-5-6-16(21-17(15)19)12-7-13(20)9-14(8-12)24-10-11(2)3/h8-13,16-17H,7,14-15H2,1-6H3;5-9,11H,4,10H2,1-3H3. The maximum atomic E-state index is 14.3. The summed E-state index contributed by atoms with van der Waals surface area (Å²) in [6.45, 7) is 19.6. The molecule has 0 fully saturated rings. The molecule has 4 aromatic rings. The van der Waals surface area contributed by atoms with Gasteiger partial charge in [0.05, 0.1) is 54.6 Å². The van der Waals surface area contributed by atoms with Crippen molar-refractivity contribution in [2.75, 3.05) is 26.4 Å². The molecule has 1 aliphatic carbocycles. The van der Waals surface area contributed by atoms with Crippen LogP contribution in [0.5, 0.6) is 11.5 Å². The maximum absolute atomic E-state index is 14.3. The SMILES string of the molecule is CCOC(=O)c1ccc(-c2cc(F)cc(OCC(C)C)c2)nc1C1=CC(C)CC1(C)C.CCOC(=O)c1ccc(-c2cc(F)cc(OCC(C)C)c2)nc1Cl. The van der Waals surface area contributed by atoms with Gasteiger partial charge in [0, 0.05) is 23.3 Å². The zero-order chi connectivity index (χ0) is 40.4. The van der Waals surface area contributed by atoms with Crippen molar-refractivity contribution in [1.82, 2.24) is 9.97 Å². The van der Waals surface area contributed by atoms with E-state index in [1.807, 2.05) is 27.7 Å². The maximum Gasteiger partial charge on any atom is 0.341 e. The number of hydrogen-bond donors (Lipinski definition) is 0. The molecule has 1 unspecified atom stereocenters. The lowest BCUT2D eigenvalue weighted by molar-refractivity contribution is 0.0516. The largest absolute Gasteiger partial charge is 0.493 e. The van der Waals surface area contributed by atoms with Gasteiger partial charge >= 0.3 is 11.9 Å². The Morgan fingerprint density at radius 3 is 1.67 bits per heavy atom. The van der Waals surface area contributed by atoms with Crippen LogP contribution < -0.4 is 9.47 Å². The van der Waals surface area contributed by atoms with Crippen LogP contribution in [-0.4, -0.2) is 48.3 Å². The highest BCUT2D eigenvalue weighted by Gasteiger charge is 2.35. The fourth-order valence-electron chi connectivity index (χ4n) is 6.15. The topological polar surface area (TPSA) is 96.8 Å². The van der Waals surface area contributed by atoms with Crippen molar-refractivity contribution in [2.24, 2.45) is 23.2 Å². The third-order valence-corrected chi connectivity index (χ3v) is 8.79. The fraction of sp³-hybridized carbons (Fsp3) is 0.409. The number of carbonyl (C=O) groups excluding carboxylic acids is 2. The van der Waals surface area contributed by atoms with Crippen LogP contribution in [0.4, 0.5) is 8.78 Å². The van der Waals surface area contributed by atoms with Crippen molar-refractivity contribution in [2.45, 2.75) is 68.7 Å². The van der Waals surface area contributed by atoms with E-state index < -0.39 is 17.8 Å². The summed E-state index contributed by atoms with van der Waals surface area (Å²) >= 11 is 6.06. The van der Waals surface area contributed by atoms with Crippen LogP contribution in [0.1, 0.15) is 95.1 Å². The van der Waals surface area contributed by atoms with E-state index in [1.54, 1.807) is 44.2 Å². The minimum Gasteiger partial charge on any atom is -0.493 e. The quantitative estimate of drug-likeness (QED) is 0.0978. The van der Waals surface area contributed by atoms with E-state index in [2.05, 4.69) is 31.8 Å². The van der Waals surface area contributed by atoms with E-state index in [0.717, 1.165) is 12.0 Å². The molecule has 2 heterocycles. The predicted molar refractivity (Wildman–Crippen MR) is 212 cm³/mol. The Hall–Kier alpha value is -4.83. The van der Waals surface area contributed by atoms with Gasteiger partial charge in [-0.2, -0.15) is 0 Å². The highest BCUT2D eigenvalue weighted by atomic mass is 35.5. The molecule has 0 amide bonds. The molecule has 8 nitrogen and oxygen atoms in total. The van der Waals surface area contributed by atoms with Crippen LogP contribution in [0, 0.1) is 34.8 Å². The van der Waals surface area contributed by atoms with Gasteiger partial charge in [0.2, 0.25) is 0 Å². The number of rotatable bonds is 13. The van der Waals surface area contributed by atoms with Gasteiger partial charge in [-0.25, -0.2) is 28.3 Å². The third kappa shape index (κ3) is 11.8. The molecule has 0 saturated carbocycles. The van der Waals surface area contributed by atoms with Gasteiger partial charge < -0.3 is 18.9 Å². The van der Waals surface area contributed by atoms with Crippen LogP contribution in [0.15, 0.2) is 66.7 Å². The van der Waals surface area contributed by atoms with Crippen molar-refractivity contribution in [1.29, 1.82) is 0 Å². The zero-order valence-corrected chi connectivity index (χ0v) is 33.9. The number of pyridine rings is 2. The Morgan fingerprint density at radius 1 is 0.764 bits per heavy atom. The fourth-order valence-corrected chi connectivity index (χ4v) is 6.38. The lowest BCUT2D eigenvalue weighted by Crippen LogP contribution is -2.16. The first kappa shape index (κ1) is 42.9. The molecule has 0 N–H and O–H groups in total. The summed E-state index contributed by atoms with van der Waals surface area (Å²) in [5, 5.41) is 0.0138. The Balaban J connectivity index is 0.000000253. The minimum absolute atomic E-state index is 0.0138. The third-order valence-electron chi connectivity index (χ3n) is 8.50. The number of allylic oxidation sites excluding steroid dienone is 2. The van der Waals surface area contributed by atoms with Gasteiger partial charge in [0.1, 0.15) is 28.3 Å². The van der Waals surface area contributed by atoms with Crippen LogP contribution in [0.3, 0.4) is 0 Å². The Morgan fingerprint density at radius 2 is 1.24 bits per heavy atom. The first-order valence-corrected chi connectivity index (χ1v) is 19.0.